The molecule has 1 aromatic carbocycles. The smallest absolute Gasteiger partial charge is 0.226 e. The van der Waals surface area contributed by atoms with E-state index in [-0.39, 0.29) is 5.92 Å². The number of rotatable bonds is 5. The van der Waals surface area contributed by atoms with Crippen molar-refractivity contribution >= 4 is 39.8 Å². The molecule has 0 aliphatic heterocycles. The first-order valence-corrected chi connectivity index (χ1v) is 9.84. The lowest BCUT2D eigenvalue weighted by Gasteiger charge is -2.20. The molecule has 1 aliphatic carbocycles. The molecule has 1 aliphatic rings. The number of aromatic nitrogens is 3. The van der Waals surface area contributed by atoms with Gasteiger partial charge in [0.05, 0.1) is 0 Å². The maximum atomic E-state index is 12.5. The first-order chi connectivity index (χ1) is 13.9. The molecule has 1 saturated carbocycles. The fraction of sp³-hybridized carbons (Fsp3) is 0.364. The second kappa shape index (κ2) is 7.66. The average Bonchev–Trinajstić information content (AvgIpc) is 3.12. The topological polar surface area (TPSA) is 74.2 Å². The zero-order valence-corrected chi connectivity index (χ0v) is 17.3. The minimum atomic E-state index is -0.0247. The quantitative estimate of drug-likeness (QED) is 0.711. The Morgan fingerprint density at radius 3 is 2.52 bits per heavy atom. The van der Waals surface area contributed by atoms with Crippen molar-refractivity contribution in [2.24, 2.45) is 0 Å². The summed E-state index contributed by atoms with van der Waals surface area (Å²) < 4.78 is 0. The molecular weight excluding hydrogens is 364 g/mol. The van der Waals surface area contributed by atoms with E-state index < -0.39 is 0 Å². The predicted molar refractivity (Wildman–Crippen MR) is 117 cm³/mol. The van der Waals surface area contributed by atoms with Gasteiger partial charge in [0.25, 0.3) is 0 Å². The van der Waals surface area contributed by atoms with Crippen molar-refractivity contribution < 1.29 is 4.79 Å². The Hall–Kier alpha value is -3.22. The van der Waals surface area contributed by atoms with Gasteiger partial charge in [-0.25, -0.2) is 9.97 Å². The molecule has 4 rings (SSSR count). The number of carbonyl (C=O) groups is 1. The standard InChI is InChI=1S/C22H26N6O/c1-27(2)18-9-8-14(15-6-5-7-19(15)29)16-12-21(24-13-17(16)18)25-20-10-11-23-22(26-20)28(3)4/h8-13,15H,5-7H2,1-4H3,(H,23,24,25,26). The van der Waals surface area contributed by atoms with Crippen LogP contribution in [0.3, 0.4) is 0 Å². The highest BCUT2D eigenvalue weighted by atomic mass is 16.1. The van der Waals surface area contributed by atoms with Crippen LogP contribution in [0.2, 0.25) is 0 Å². The number of carbonyl (C=O) groups excluding carboxylic acids is 1. The summed E-state index contributed by atoms with van der Waals surface area (Å²) >= 11 is 0. The SMILES string of the molecule is CN(C)c1nccc(Nc2cc3c(C4CCCC4=O)ccc(N(C)C)c3cn2)n1. The Balaban J connectivity index is 1.79. The maximum absolute atomic E-state index is 12.5. The summed E-state index contributed by atoms with van der Waals surface area (Å²) in [6.07, 6.45) is 6.15. The van der Waals surface area contributed by atoms with Crippen molar-refractivity contribution in [3.05, 3.63) is 42.2 Å². The highest BCUT2D eigenvalue weighted by Crippen LogP contribution is 2.39. The fourth-order valence-electron chi connectivity index (χ4n) is 3.92. The van der Waals surface area contributed by atoms with Gasteiger partial charge >= 0.3 is 0 Å². The summed E-state index contributed by atoms with van der Waals surface area (Å²) in [6, 6.07) is 8.03. The first-order valence-electron chi connectivity index (χ1n) is 9.84. The van der Waals surface area contributed by atoms with Crippen molar-refractivity contribution in [1.82, 2.24) is 15.0 Å². The van der Waals surface area contributed by atoms with Crippen LogP contribution in [0.25, 0.3) is 10.8 Å². The lowest BCUT2D eigenvalue weighted by molar-refractivity contribution is -0.118. The highest BCUT2D eigenvalue weighted by Gasteiger charge is 2.28. The number of pyridine rings is 1. The van der Waals surface area contributed by atoms with Crippen LogP contribution in [0.5, 0.6) is 0 Å². The molecule has 1 atom stereocenters. The molecule has 0 spiro atoms. The van der Waals surface area contributed by atoms with Gasteiger partial charge in [-0.05, 0) is 42.0 Å². The number of Topliss-reactive ketones (excluding diaryl/α,β-unsaturated/α-hetero) is 1. The Bertz CT molecular complexity index is 1060. The molecular formula is C22H26N6O. The molecule has 0 bridgehead atoms. The monoisotopic (exact) mass is 390 g/mol. The third-order valence-corrected chi connectivity index (χ3v) is 5.37. The number of anilines is 4. The minimum Gasteiger partial charge on any atom is -0.377 e. The molecule has 0 radical (unpaired) electrons. The van der Waals surface area contributed by atoms with Crippen LogP contribution in [-0.4, -0.2) is 48.9 Å². The van der Waals surface area contributed by atoms with Gasteiger partial charge in [0.2, 0.25) is 5.95 Å². The normalized spacial score (nSPS) is 16.3. The molecule has 29 heavy (non-hydrogen) atoms. The summed E-state index contributed by atoms with van der Waals surface area (Å²) in [5.41, 5.74) is 2.18. The second-order valence-corrected chi connectivity index (χ2v) is 7.86. The van der Waals surface area contributed by atoms with Gasteiger partial charge in [0.15, 0.2) is 0 Å². The van der Waals surface area contributed by atoms with Crippen molar-refractivity contribution in [1.29, 1.82) is 0 Å². The molecule has 2 aromatic heterocycles. The summed E-state index contributed by atoms with van der Waals surface area (Å²) in [4.78, 5) is 29.7. The van der Waals surface area contributed by atoms with E-state index in [2.05, 4.69) is 37.3 Å². The zero-order chi connectivity index (χ0) is 20.5. The van der Waals surface area contributed by atoms with Crippen LogP contribution in [0, 0.1) is 0 Å². The van der Waals surface area contributed by atoms with E-state index in [9.17, 15) is 4.79 Å². The van der Waals surface area contributed by atoms with Crippen molar-refractivity contribution in [3.8, 4) is 0 Å². The van der Waals surface area contributed by atoms with Crippen LogP contribution in [0.4, 0.5) is 23.3 Å². The van der Waals surface area contributed by atoms with E-state index >= 15 is 0 Å². The lowest BCUT2D eigenvalue weighted by atomic mass is 9.91. The van der Waals surface area contributed by atoms with Crippen LogP contribution in [-0.2, 0) is 4.79 Å². The van der Waals surface area contributed by atoms with Crippen LogP contribution < -0.4 is 15.1 Å². The average molecular weight is 390 g/mol. The van der Waals surface area contributed by atoms with E-state index in [1.807, 2.05) is 51.4 Å². The number of ketones is 1. The Labute approximate surface area is 170 Å². The van der Waals surface area contributed by atoms with E-state index in [4.69, 9.17) is 0 Å². The van der Waals surface area contributed by atoms with Gasteiger partial charge in [-0.3, -0.25) is 4.79 Å². The number of nitrogens with zero attached hydrogens (tertiary/aromatic N) is 5. The van der Waals surface area contributed by atoms with Gasteiger partial charge in [0.1, 0.15) is 17.4 Å². The molecule has 1 unspecified atom stereocenters. The van der Waals surface area contributed by atoms with Crippen LogP contribution in [0.1, 0.15) is 30.7 Å². The third-order valence-electron chi connectivity index (χ3n) is 5.37. The molecule has 0 saturated heterocycles. The third kappa shape index (κ3) is 3.72. The molecule has 0 amide bonds. The fourth-order valence-corrected chi connectivity index (χ4v) is 3.92. The number of nitrogens with one attached hydrogen (secondary N) is 1. The van der Waals surface area contributed by atoms with E-state index in [1.165, 1.54) is 0 Å². The van der Waals surface area contributed by atoms with E-state index in [0.29, 0.717) is 29.8 Å². The largest absolute Gasteiger partial charge is 0.377 e. The molecule has 7 nitrogen and oxygen atoms in total. The van der Waals surface area contributed by atoms with Crippen molar-refractivity contribution in [3.63, 3.8) is 0 Å². The summed E-state index contributed by atoms with van der Waals surface area (Å²) in [6.45, 7) is 0. The number of hydrogen-bond donors (Lipinski definition) is 1. The van der Waals surface area contributed by atoms with Crippen LogP contribution in [0.15, 0.2) is 36.7 Å². The summed E-state index contributed by atoms with van der Waals surface area (Å²) in [5, 5.41) is 5.40. The van der Waals surface area contributed by atoms with Crippen molar-refractivity contribution in [2.75, 3.05) is 43.3 Å². The number of fused-ring (bicyclic) bond motifs is 1. The van der Waals surface area contributed by atoms with Gasteiger partial charge in [0, 0.05) is 64.0 Å². The predicted octanol–water partition coefficient (Wildman–Crippen LogP) is 3.74. The van der Waals surface area contributed by atoms with Crippen LogP contribution >= 0.6 is 0 Å². The molecule has 150 valence electrons. The van der Waals surface area contributed by atoms with E-state index in [0.717, 1.165) is 34.9 Å². The minimum absolute atomic E-state index is 0.0247. The summed E-state index contributed by atoms with van der Waals surface area (Å²) in [5.74, 6) is 2.31. The van der Waals surface area contributed by atoms with E-state index in [1.54, 1.807) is 6.20 Å². The Morgan fingerprint density at radius 2 is 1.83 bits per heavy atom. The van der Waals surface area contributed by atoms with Gasteiger partial charge < -0.3 is 15.1 Å². The Kier molecular flexibility index (Phi) is 5.05. The summed E-state index contributed by atoms with van der Waals surface area (Å²) in [7, 11) is 7.85. The number of benzene rings is 1. The van der Waals surface area contributed by atoms with Gasteiger partial charge in [-0.2, -0.15) is 4.98 Å². The molecule has 1 fully saturated rings. The van der Waals surface area contributed by atoms with Gasteiger partial charge in [-0.1, -0.05) is 6.07 Å². The second-order valence-electron chi connectivity index (χ2n) is 7.86. The highest BCUT2D eigenvalue weighted by molar-refractivity contribution is 6.01. The molecule has 2 heterocycles. The molecule has 3 aromatic rings. The number of hydrogen-bond acceptors (Lipinski definition) is 7. The molecule has 1 N–H and O–H groups in total. The van der Waals surface area contributed by atoms with Gasteiger partial charge in [-0.15, -0.1) is 0 Å². The Morgan fingerprint density at radius 1 is 1.00 bits per heavy atom. The zero-order valence-electron chi connectivity index (χ0n) is 17.3. The lowest BCUT2D eigenvalue weighted by Crippen LogP contribution is -2.13. The molecule has 7 heteroatoms. The maximum Gasteiger partial charge on any atom is 0.226 e. The van der Waals surface area contributed by atoms with Crippen molar-refractivity contribution in [2.45, 2.75) is 25.2 Å². The first kappa shape index (κ1) is 19.1.